The van der Waals surface area contributed by atoms with Gasteiger partial charge in [-0.2, -0.15) is 0 Å². The molecule has 5 nitrogen and oxygen atoms in total. The molecule has 0 fully saturated rings. The lowest BCUT2D eigenvalue weighted by Gasteiger charge is -2.05. The molecule has 0 saturated carbocycles. The Balaban J connectivity index is 1.94. The SMILES string of the molecule is O=C(Nc1cncc(Cl)n1)c1cccc2cc[nH]c12. The molecular formula is C13H9ClN4O. The number of anilines is 1. The van der Waals surface area contributed by atoms with Gasteiger partial charge in [0.25, 0.3) is 5.91 Å². The first-order valence-corrected chi connectivity index (χ1v) is 5.97. The minimum atomic E-state index is -0.260. The number of carbonyl (C=O) groups excluding carboxylic acids is 1. The molecule has 0 atom stereocenters. The summed E-state index contributed by atoms with van der Waals surface area (Å²) in [6.07, 6.45) is 4.64. The third kappa shape index (κ3) is 2.28. The number of carbonyl (C=O) groups is 1. The number of rotatable bonds is 2. The van der Waals surface area contributed by atoms with Crippen molar-refractivity contribution in [3.8, 4) is 0 Å². The third-order valence-electron chi connectivity index (χ3n) is 2.68. The van der Waals surface area contributed by atoms with Gasteiger partial charge in [-0.15, -0.1) is 0 Å². The van der Waals surface area contributed by atoms with Crippen molar-refractivity contribution in [2.24, 2.45) is 0 Å². The number of amides is 1. The smallest absolute Gasteiger partial charge is 0.258 e. The normalized spacial score (nSPS) is 10.6. The number of H-pyrrole nitrogens is 1. The second-order valence-corrected chi connectivity index (χ2v) is 4.32. The maximum Gasteiger partial charge on any atom is 0.258 e. The molecule has 0 bridgehead atoms. The van der Waals surface area contributed by atoms with Crippen LogP contribution in [-0.2, 0) is 0 Å². The van der Waals surface area contributed by atoms with E-state index in [4.69, 9.17) is 11.6 Å². The molecule has 6 heteroatoms. The Morgan fingerprint density at radius 1 is 1.26 bits per heavy atom. The Bertz CT molecular complexity index is 753. The number of benzene rings is 1. The lowest BCUT2D eigenvalue weighted by atomic mass is 10.1. The van der Waals surface area contributed by atoms with Crippen LogP contribution in [0.4, 0.5) is 5.82 Å². The van der Waals surface area contributed by atoms with Crippen LogP contribution in [0.5, 0.6) is 0 Å². The number of hydrogen-bond acceptors (Lipinski definition) is 3. The molecule has 19 heavy (non-hydrogen) atoms. The lowest BCUT2D eigenvalue weighted by molar-refractivity contribution is 0.102. The minimum Gasteiger partial charge on any atom is -0.361 e. The lowest BCUT2D eigenvalue weighted by Crippen LogP contribution is -2.13. The van der Waals surface area contributed by atoms with Crippen molar-refractivity contribution < 1.29 is 4.79 Å². The molecular weight excluding hydrogens is 264 g/mol. The van der Waals surface area contributed by atoms with Crippen LogP contribution in [0.25, 0.3) is 10.9 Å². The molecule has 0 aliphatic carbocycles. The summed E-state index contributed by atoms with van der Waals surface area (Å²) in [5.74, 6) is 0.0608. The largest absolute Gasteiger partial charge is 0.361 e. The molecule has 0 spiro atoms. The average molecular weight is 273 g/mol. The summed E-state index contributed by atoms with van der Waals surface area (Å²) < 4.78 is 0. The Hall–Kier alpha value is -2.40. The molecule has 0 unspecified atom stereocenters. The molecule has 3 aromatic rings. The summed E-state index contributed by atoms with van der Waals surface area (Å²) in [6.45, 7) is 0. The average Bonchev–Trinajstić information content (AvgIpc) is 2.86. The summed E-state index contributed by atoms with van der Waals surface area (Å²) >= 11 is 5.72. The molecule has 1 aromatic carbocycles. The first-order chi connectivity index (χ1) is 9.24. The van der Waals surface area contributed by atoms with Crippen LogP contribution < -0.4 is 5.32 Å². The van der Waals surface area contributed by atoms with Crippen molar-refractivity contribution in [1.29, 1.82) is 0 Å². The highest BCUT2D eigenvalue weighted by molar-refractivity contribution is 6.29. The molecule has 0 saturated heterocycles. The zero-order valence-corrected chi connectivity index (χ0v) is 10.5. The summed E-state index contributed by atoms with van der Waals surface area (Å²) in [4.78, 5) is 23.1. The van der Waals surface area contributed by atoms with Crippen LogP contribution in [0.1, 0.15) is 10.4 Å². The molecule has 0 aliphatic heterocycles. The van der Waals surface area contributed by atoms with Gasteiger partial charge in [-0.3, -0.25) is 9.78 Å². The maximum absolute atomic E-state index is 12.2. The van der Waals surface area contributed by atoms with E-state index in [1.807, 2.05) is 18.2 Å². The minimum absolute atomic E-state index is 0.232. The van der Waals surface area contributed by atoms with E-state index in [0.717, 1.165) is 10.9 Å². The molecule has 2 aromatic heterocycles. The highest BCUT2D eigenvalue weighted by Crippen LogP contribution is 2.18. The quantitative estimate of drug-likeness (QED) is 0.753. The maximum atomic E-state index is 12.2. The van der Waals surface area contributed by atoms with E-state index in [9.17, 15) is 4.79 Å². The van der Waals surface area contributed by atoms with Gasteiger partial charge in [0.05, 0.1) is 23.5 Å². The summed E-state index contributed by atoms with van der Waals surface area (Å²) in [6, 6.07) is 7.41. The van der Waals surface area contributed by atoms with Crippen molar-refractivity contribution in [2.75, 3.05) is 5.32 Å². The second kappa shape index (κ2) is 4.70. The van der Waals surface area contributed by atoms with Gasteiger partial charge in [0.15, 0.2) is 5.82 Å². The van der Waals surface area contributed by atoms with E-state index < -0.39 is 0 Å². The Kier molecular flexibility index (Phi) is 2.89. The van der Waals surface area contributed by atoms with Crippen molar-refractivity contribution >= 4 is 34.2 Å². The fourth-order valence-electron chi connectivity index (χ4n) is 1.86. The fourth-order valence-corrected chi connectivity index (χ4v) is 2.01. The molecule has 1 amide bonds. The molecule has 0 radical (unpaired) electrons. The predicted octanol–water partition coefficient (Wildman–Crippen LogP) is 2.86. The summed E-state index contributed by atoms with van der Waals surface area (Å²) in [5.41, 5.74) is 1.33. The standard InChI is InChI=1S/C13H9ClN4O/c14-10-6-15-7-11(17-10)18-13(19)9-3-1-2-8-4-5-16-12(8)9/h1-7,16H,(H,17,18,19). The zero-order chi connectivity index (χ0) is 13.2. The molecule has 3 rings (SSSR count). The van der Waals surface area contributed by atoms with Gasteiger partial charge in [-0.05, 0) is 12.1 Å². The van der Waals surface area contributed by atoms with E-state index in [1.54, 1.807) is 12.3 Å². The van der Waals surface area contributed by atoms with E-state index in [2.05, 4.69) is 20.3 Å². The first kappa shape index (κ1) is 11.7. The first-order valence-electron chi connectivity index (χ1n) is 5.59. The van der Waals surface area contributed by atoms with Gasteiger partial charge in [-0.1, -0.05) is 23.7 Å². The van der Waals surface area contributed by atoms with Gasteiger partial charge >= 0.3 is 0 Å². The highest BCUT2D eigenvalue weighted by Gasteiger charge is 2.11. The van der Waals surface area contributed by atoms with Crippen LogP contribution in [0.3, 0.4) is 0 Å². The van der Waals surface area contributed by atoms with E-state index >= 15 is 0 Å². The Morgan fingerprint density at radius 2 is 2.16 bits per heavy atom. The number of nitrogens with zero attached hydrogens (tertiary/aromatic N) is 2. The van der Waals surface area contributed by atoms with E-state index in [0.29, 0.717) is 11.4 Å². The number of aromatic amines is 1. The number of hydrogen-bond donors (Lipinski definition) is 2. The third-order valence-corrected chi connectivity index (χ3v) is 2.86. The van der Waals surface area contributed by atoms with E-state index in [1.165, 1.54) is 12.4 Å². The summed E-state index contributed by atoms with van der Waals surface area (Å²) in [7, 11) is 0. The van der Waals surface area contributed by atoms with Crippen LogP contribution in [0, 0.1) is 0 Å². The highest BCUT2D eigenvalue weighted by atomic mass is 35.5. The Labute approximate surface area is 113 Å². The van der Waals surface area contributed by atoms with Crippen LogP contribution in [0.15, 0.2) is 42.9 Å². The molecule has 0 aliphatic rings. The van der Waals surface area contributed by atoms with Crippen LogP contribution in [0.2, 0.25) is 5.15 Å². The monoisotopic (exact) mass is 272 g/mol. The van der Waals surface area contributed by atoms with Gasteiger partial charge < -0.3 is 10.3 Å². The number of aromatic nitrogens is 3. The molecule has 2 N–H and O–H groups in total. The molecule has 2 heterocycles. The van der Waals surface area contributed by atoms with Gasteiger partial charge in [0, 0.05) is 11.6 Å². The van der Waals surface area contributed by atoms with Gasteiger partial charge in [0.2, 0.25) is 0 Å². The van der Waals surface area contributed by atoms with Crippen molar-refractivity contribution in [3.05, 3.63) is 53.6 Å². The number of fused-ring (bicyclic) bond motifs is 1. The summed E-state index contributed by atoms with van der Waals surface area (Å²) in [5, 5.41) is 3.87. The number of para-hydroxylation sites is 1. The van der Waals surface area contributed by atoms with Crippen molar-refractivity contribution in [1.82, 2.24) is 15.0 Å². The Morgan fingerprint density at radius 3 is 3.00 bits per heavy atom. The number of nitrogens with one attached hydrogen (secondary N) is 2. The second-order valence-electron chi connectivity index (χ2n) is 3.93. The van der Waals surface area contributed by atoms with Crippen molar-refractivity contribution in [3.63, 3.8) is 0 Å². The van der Waals surface area contributed by atoms with Crippen molar-refractivity contribution in [2.45, 2.75) is 0 Å². The topological polar surface area (TPSA) is 70.7 Å². The predicted molar refractivity (Wildman–Crippen MR) is 73.3 cm³/mol. The van der Waals surface area contributed by atoms with Crippen LogP contribution in [-0.4, -0.2) is 20.9 Å². The zero-order valence-electron chi connectivity index (χ0n) is 9.72. The molecule has 94 valence electrons. The van der Waals surface area contributed by atoms with E-state index in [-0.39, 0.29) is 11.1 Å². The van der Waals surface area contributed by atoms with Gasteiger partial charge in [-0.25, -0.2) is 4.98 Å². The fraction of sp³-hybridized carbons (Fsp3) is 0. The number of halogens is 1. The van der Waals surface area contributed by atoms with Gasteiger partial charge in [0.1, 0.15) is 5.15 Å². The van der Waals surface area contributed by atoms with Crippen LogP contribution >= 0.6 is 11.6 Å².